The smallest absolute Gasteiger partial charge is 0.326 e. The van der Waals surface area contributed by atoms with Crippen molar-refractivity contribution in [2.75, 3.05) is 6.61 Å². The van der Waals surface area contributed by atoms with E-state index in [1.54, 1.807) is 6.92 Å². The van der Waals surface area contributed by atoms with Crippen molar-refractivity contribution in [3.05, 3.63) is 0 Å². The number of ether oxygens (including phenoxy) is 1. The van der Waals surface area contributed by atoms with Crippen molar-refractivity contribution < 1.29 is 9.53 Å². The first-order chi connectivity index (χ1) is 6.59. The molecule has 0 bridgehead atoms. The standard InChI is InChI=1S/C11H21NO2/c1-3-14-10(13)11(2,12)9-7-5-4-6-8-9/h9H,3-8,12H2,1-2H3. The van der Waals surface area contributed by atoms with E-state index in [4.69, 9.17) is 10.5 Å². The summed E-state index contributed by atoms with van der Waals surface area (Å²) in [5.74, 6) is 0.0576. The van der Waals surface area contributed by atoms with Gasteiger partial charge in [-0.15, -0.1) is 0 Å². The second-order valence-electron chi connectivity index (χ2n) is 4.34. The van der Waals surface area contributed by atoms with Gasteiger partial charge in [0.15, 0.2) is 0 Å². The first-order valence-electron chi connectivity index (χ1n) is 5.55. The summed E-state index contributed by atoms with van der Waals surface area (Å²) in [6.45, 7) is 4.04. The molecule has 82 valence electrons. The molecule has 1 unspecified atom stereocenters. The Labute approximate surface area is 86.0 Å². The van der Waals surface area contributed by atoms with E-state index < -0.39 is 5.54 Å². The van der Waals surface area contributed by atoms with Crippen LogP contribution in [0, 0.1) is 5.92 Å². The van der Waals surface area contributed by atoms with Crippen LogP contribution in [-0.2, 0) is 9.53 Å². The first-order valence-corrected chi connectivity index (χ1v) is 5.55. The van der Waals surface area contributed by atoms with Crippen LogP contribution in [-0.4, -0.2) is 18.1 Å². The zero-order valence-electron chi connectivity index (χ0n) is 9.21. The van der Waals surface area contributed by atoms with Gasteiger partial charge in [0.1, 0.15) is 5.54 Å². The van der Waals surface area contributed by atoms with Crippen LogP contribution >= 0.6 is 0 Å². The van der Waals surface area contributed by atoms with Gasteiger partial charge in [-0.3, -0.25) is 4.79 Å². The topological polar surface area (TPSA) is 52.3 Å². The van der Waals surface area contributed by atoms with E-state index in [1.165, 1.54) is 19.3 Å². The van der Waals surface area contributed by atoms with Crippen molar-refractivity contribution in [1.29, 1.82) is 0 Å². The molecule has 3 heteroatoms. The van der Waals surface area contributed by atoms with Crippen molar-refractivity contribution in [2.45, 2.75) is 51.5 Å². The second-order valence-corrected chi connectivity index (χ2v) is 4.34. The molecular weight excluding hydrogens is 178 g/mol. The fourth-order valence-corrected chi connectivity index (χ4v) is 2.16. The molecule has 2 N–H and O–H groups in total. The molecule has 0 aromatic rings. The molecule has 1 aliphatic rings. The zero-order chi connectivity index (χ0) is 10.6. The third-order valence-electron chi connectivity index (χ3n) is 3.17. The molecule has 0 saturated heterocycles. The van der Waals surface area contributed by atoms with Crippen molar-refractivity contribution in [2.24, 2.45) is 11.7 Å². The highest BCUT2D eigenvalue weighted by Gasteiger charge is 2.39. The van der Waals surface area contributed by atoms with Crippen LogP contribution in [0.3, 0.4) is 0 Å². The van der Waals surface area contributed by atoms with Gasteiger partial charge in [-0.1, -0.05) is 19.3 Å². The molecule has 0 heterocycles. The van der Waals surface area contributed by atoms with Gasteiger partial charge in [0, 0.05) is 0 Å². The van der Waals surface area contributed by atoms with Crippen LogP contribution in [0.5, 0.6) is 0 Å². The molecule has 0 radical (unpaired) electrons. The number of rotatable bonds is 3. The van der Waals surface area contributed by atoms with Crippen molar-refractivity contribution >= 4 is 5.97 Å². The third kappa shape index (κ3) is 2.47. The molecule has 1 atom stereocenters. The molecule has 0 spiro atoms. The highest BCUT2D eigenvalue weighted by atomic mass is 16.5. The van der Waals surface area contributed by atoms with Crippen LogP contribution in [0.25, 0.3) is 0 Å². The van der Waals surface area contributed by atoms with Crippen molar-refractivity contribution in [3.63, 3.8) is 0 Å². The Bertz CT molecular complexity index is 195. The van der Waals surface area contributed by atoms with Gasteiger partial charge >= 0.3 is 5.97 Å². The quantitative estimate of drug-likeness (QED) is 0.706. The highest BCUT2D eigenvalue weighted by molar-refractivity contribution is 5.80. The summed E-state index contributed by atoms with van der Waals surface area (Å²) in [5.41, 5.74) is 5.27. The van der Waals surface area contributed by atoms with Gasteiger partial charge in [0.25, 0.3) is 0 Å². The second kappa shape index (κ2) is 4.78. The van der Waals surface area contributed by atoms with Gasteiger partial charge in [-0.2, -0.15) is 0 Å². The fourth-order valence-electron chi connectivity index (χ4n) is 2.16. The SMILES string of the molecule is CCOC(=O)C(C)(N)C1CCCCC1. The van der Waals surface area contributed by atoms with E-state index >= 15 is 0 Å². The molecule has 0 aromatic carbocycles. The lowest BCUT2D eigenvalue weighted by Gasteiger charge is -2.34. The van der Waals surface area contributed by atoms with Gasteiger partial charge in [0.05, 0.1) is 6.61 Å². The van der Waals surface area contributed by atoms with Gasteiger partial charge in [-0.25, -0.2) is 0 Å². The third-order valence-corrected chi connectivity index (χ3v) is 3.17. The molecule has 0 aromatic heterocycles. The Hall–Kier alpha value is -0.570. The van der Waals surface area contributed by atoms with E-state index in [2.05, 4.69) is 0 Å². The maximum absolute atomic E-state index is 11.6. The highest BCUT2D eigenvalue weighted by Crippen LogP contribution is 2.31. The van der Waals surface area contributed by atoms with Gasteiger partial charge < -0.3 is 10.5 Å². The van der Waals surface area contributed by atoms with Gasteiger partial charge in [-0.05, 0) is 32.6 Å². The Morgan fingerprint density at radius 1 is 1.43 bits per heavy atom. The van der Waals surface area contributed by atoms with E-state index in [1.807, 2.05) is 6.92 Å². The van der Waals surface area contributed by atoms with Crippen LogP contribution in [0.1, 0.15) is 46.0 Å². The number of hydrogen-bond donors (Lipinski definition) is 1. The van der Waals surface area contributed by atoms with Gasteiger partial charge in [0.2, 0.25) is 0 Å². The minimum atomic E-state index is -0.781. The lowest BCUT2D eigenvalue weighted by molar-refractivity contribution is -0.151. The summed E-state index contributed by atoms with van der Waals surface area (Å²) >= 11 is 0. The van der Waals surface area contributed by atoms with Crippen LogP contribution < -0.4 is 5.73 Å². The minimum Gasteiger partial charge on any atom is -0.465 e. The molecule has 1 aliphatic carbocycles. The summed E-state index contributed by atoms with van der Waals surface area (Å²) in [7, 11) is 0. The lowest BCUT2D eigenvalue weighted by atomic mass is 9.76. The maximum atomic E-state index is 11.6. The molecule has 1 fully saturated rings. The monoisotopic (exact) mass is 199 g/mol. The molecule has 14 heavy (non-hydrogen) atoms. The number of esters is 1. The fraction of sp³-hybridized carbons (Fsp3) is 0.909. The molecule has 3 nitrogen and oxygen atoms in total. The predicted molar refractivity (Wildman–Crippen MR) is 55.8 cm³/mol. The number of hydrogen-bond acceptors (Lipinski definition) is 3. The summed E-state index contributed by atoms with van der Waals surface area (Å²) in [5, 5.41) is 0. The number of nitrogens with two attached hydrogens (primary N) is 1. The maximum Gasteiger partial charge on any atom is 0.326 e. The minimum absolute atomic E-state index is 0.244. The lowest BCUT2D eigenvalue weighted by Crippen LogP contribution is -2.52. The summed E-state index contributed by atoms with van der Waals surface area (Å²) in [4.78, 5) is 11.6. The molecule has 1 rings (SSSR count). The summed E-state index contributed by atoms with van der Waals surface area (Å²) in [6.07, 6.45) is 5.78. The average Bonchev–Trinajstić information content (AvgIpc) is 2.19. The van der Waals surface area contributed by atoms with E-state index in [0.29, 0.717) is 12.5 Å². The molecule has 1 saturated carbocycles. The molecule has 0 amide bonds. The molecular formula is C11H21NO2. The van der Waals surface area contributed by atoms with E-state index in [-0.39, 0.29) is 5.97 Å². The Morgan fingerprint density at radius 3 is 2.50 bits per heavy atom. The van der Waals surface area contributed by atoms with E-state index in [9.17, 15) is 4.79 Å². The largest absolute Gasteiger partial charge is 0.465 e. The zero-order valence-corrected chi connectivity index (χ0v) is 9.21. The Kier molecular flexibility index (Phi) is 3.93. The predicted octanol–water partition coefficient (Wildman–Crippen LogP) is 1.85. The van der Waals surface area contributed by atoms with E-state index in [0.717, 1.165) is 12.8 Å². The Balaban J connectivity index is 2.57. The summed E-state index contributed by atoms with van der Waals surface area (Å²) in [6, 6.07) is 0. The number of carbonyl (C=O) groups excluding carboxylic acids is 1. The van der Waals surface area contributed by atoms with Crippen LogP contribution in [0.4, 0.5) is 0 Å². The van der Waals surface area contributed by atoms with Crippen LogP contribution in [0.2, 0.25) is 0 Å². The van der Waals surface area contributed by atoms with Crippen molar-refractivity contribution in [1.82, 2.24) is 0 Å². The molecule has 0 aliphatic heterocycles. The van der Waals surface area contributed by atoms with Crippen molar-refractivity contribution in [3.8, 4) is 0 Å². The Morgan fingerprint density at radius 2 is 2.00 bits per heavy atom. The van der Waals surface area contributed by atoms with Crippen LogP contribution in [0.15, 0.2) is 0 Å². The normalized spacial score (nSPS) is 22.8. The number of carbonyl (C=O) groups is 1. The first kappa shape index (κ1) is 11.5. The summed E-state index contributed by atoms with van der Waals surface area (Å²) < 4.78 is 5.00. The average molecular weight is 199 g/mol.